The van der Waals surface area contributed by atoms with Crippen LogP contribution in [0.15, 0.2) is 315 Å². The first kappa shape index (κ1) is 47.8. The molecule has 0 atom stereocenters. The van der Waals surface area contributed by atoms with Crippen LogP contribution in [-0.4, -0.2) is 0 Å². The number of hydrogen-bond acceptors (Lipinski definition) is 0. The Morgan fingerprint density at radius 3 is 0.762 bits per heavy atom. The highest BCUT2D eigenvalue weighted by Crippen LogP contribution is 2.61. The van der Waals surface area contributed by atoms with Crippen molar-refractivity contribution in [3.63, 3.8) is 0 Å². The average Bonchev–Trinajstić information content (AvgIpc) is 1.73. The zero-order valence-electron chi connectivity index (χ0n) is 46.0. The molecule has 0 fully saturated rings. The van der Waals surface area contributed by atoms with Crippen molar-refractivity contribution in [2.75, 3.05) is 0 Å². The summed E-state index contributed by atoms with van der Waals surface area (Å²) in [5.41, 5.74) is 32.2. The van der Waals surface area contributed by atoms with Gasteiger partial charge in [-0.3, -0.25) is 0 Å². The Morgan fingerprint density at radius 1 is 0.119 bits per heavy atom. The quantitative estimate of drug-likeness (QED) is 0.135. The molecule has 0 heteroatoms. The van der Waals surface area contributed by atoms with Crippen molar-refractivity contribution < 1.29 is 0 Å². The van der Waals surface area contributed by atoms with Crippen LogP contribution >= 0.6 is 0 Å². The van der Waals surface area contributed by atoms with E-state index in [2.05, 4.69) is 315 Å². The molecule has 15 aromatic carbocycles. The van der Waals surface area contributed by atoms with Crippen LogP contribution in [0.2, 0.25) is 0 Å². The Bertz CT molecular complexity index is 4890. The number of fused-ring (bicyclic) bond motifs is 7. The van der Waals surface area contributed by atoms with E-state index in [0.717, 1.165) is 0 Å². The maximum Gasteiger partial charge on any atom is -0.000741 e. The first-order chi connectivity index (χ1) is 41.7. The largest absolute Gasteiger partial charge is 0.0622 e. The number of rotatable bonds is 9. The fourth-order valence-corrected chi connectivity index (χ4v) is 14.3. The summed E-state index contributed by atoms with van der Waals surface area (Å²) in [6.07, 6.45) is 0. The molecule has 2 aliphatic rings. The molecule has 0 radical (unpaired) electrons. The minimum absolute atomic E-state index is 1.21. The summed E-state index contributed by atoms with van der Waals surface area (Å²) >= 11 is 0. The van der Waals surface area contributed by atoms with Crippen molar-refractivity contribution in [3.8, 4) is 145 Å². The zero-order valence-corrected chi connectivity index (χ0v) is 46.0. The van der Waals surface area contributed by atoms with Gasteiger partial charge < -0.3 is 0 Å². The van der Waals surface area contributed by atoms with E-state index in [0.29, 0.717) is 0 Å². The Hall–Kier alpha value is -10.9. The molecule has 84 heavy (non-hydrogen) atoms. The highest BCUT2D eigenvalue weighted by Gasteiger charge is 2.33. The van der Waals surface area contributed by atoms with Gasteiger partial charge in [0.15, 0.2) is 0 Å². The second kappa shape index (κ2) is 19.4. The van der Waals surface area contributed by atoms with Crippen molar-refractivity contribution in [2.24, 2.45) is 0 Å². The third-order valence-corrected chi connectivity index (χ3v) is 17.9. The van der Waals surface area contributed by atoms with Crippen LogP contribution in [0.1, 0.15) is 0 Å². The molecule has 0 spiro atoms. The highest BCUT2D eigenvalue weighted by atomic mass is 14.4. The van der Waals surface area contributed by atoms with Crippen molar-refractivity contribution in [2.45, 2.75) is 0 Å². The topological polar surface area (TPSA) is 0 Å². The number of benzene rings is 15. The fourth-order valence-electron chi connectivity index (χ4n) is 14.3. The van der Waals surface area contributed by atoms with Gasteiger partial charge >= 0.3 is 0 Å². The van der Waals surface area contributed by atoms with Crippen LogP contribution in [0, 0.1) is 0 Å². The van der Waals surface area contributed by atoms with Crippen molar-refractivity contribution in [1.82, 2.24) is 0 Å². The maximum atomic E-state index is 2.45. The van der Waals surface area contributed by atoms with E-state index in [9.17, 15) is 0 Å². The van der Waals surface area contributed by atoms with E-state index < -0.39 is 0 Å². The van der Waals surface area contributed by atoms with Gasteiger partial charge in [0.2, 0.25) is 0 Å². The Kier molecular flexibility index (Phi) is 11.0. The smallest absolute Gasteiger partial charge is 0.000741 e. The third kappa shape index (κ3) is 7.55. The van der Waals surface area contributed by atoms with Crippen LogP contribution in [0.3, 0.4) is 0 Å². The molecule has 2 aliphatic carbocycles. The van der Waals surface area contributed by atoms with Gasteiger partial charge in [0.25, 0.3) is 0 Å². The summed E-state index contributed by atoms with van der Waals surface area (Å²) in [7, 11) is 0. The monoisotopic (exact) mass is 1060 g/mol. The summed E-state index contributed by atoms with van der Waals surface area (Å²) in [6.45, 7) is 0. The lowest BCUT2D eigenvalue weighted by atomic mass is 9.82. The predicted molar refractivity (Wildman–Crippen MR) is 357 cm³/mol. The minimum atomic E-state index is 1.21. The maximum absolute atomic E-state index is 2.45. The van der Waals surface area contributed by atoms with Crippen LogP contribution in [-0.2, 0) is 0 Å². The Balaban J connectivity index is 0.898. The molecular weight excluding hydrogens is 1010 g/mol. The summed E-state index contributed by atoms with van der Waals surface area (Å²) in [4.78, 5) is 0. The van der Waals surface area contributed by atoms with E-state index in [1.165, 1.54) is 177 Å². The molecule has 15 aromatic rings. The Morgan fingerprint density at radius 2 is 0.369 bits per heavy atom. The molecule has 0 saturated heterocycles. The molecule has 0 nitrogen and oxygen atoms in total. The molecule has 0 aliphatic heterocycles. The first-order valence-electron chi connectivity index (χ1n) is 29.2. The molecule has 17 rings (SSSR count). The van der Waals surface area contributed by atoms with E-state index in [4.69, 9.17) is 0 Å². The minimum Gasteiger partial charge on any atom is -0.0622 e. The van der Waals surface area contributed by atoms with Gasteiger partial charge in [0.1, 0.15) is 0 Å². The molecule has 0 N–H and O–H groups in total. The summed E-state index contributed by atoms with van der Waals surface area (Å²) in [5.74, 6) is 0. The second-order valence-electron chi connectivity index (χ2n) is 22.5. The molecule has 0 bridgehead atoms. The zero-order chi connectivity index (χ0) is 55.2. The van der Waals surface area contributed by atoms with E-state index in [-0.39, 0.29) is 0 Å². The van der Waals surface area contributed by atoms with E-state index in [1.54, 1.807) is 0 Å². The molecular formula is C84H52. The van der Waals surface area contributed by atoms with Gasteiger partial charge in [-0.25, -0.2) is 0 Å². The number of hydrogen-bond donors (Lipinski definition) is 0. The van der Waals surface area contributed by atoms with Crippen molar-refractivity contribution in [3.05, 3.63) is 315 Å². The molecule has 0 amide bonds. The fraction of sp³-hybridized carbons (Fsp3) is 0. The van der Waals surface area contributed by atoms with Gasteiger partial charge in [-0.2, -0.15) is 0 Å². The molecule has 0 heterocycles. The average molecular weight is 1060 g/mol. The molecule has 0 unspecified atom stereocenters. The van der Waals surface area contributed by atoms with Gasteiger partial charge in [-0.1, -0.05) is 291 Å². The van der Waals surface area contributed by atoms with E-state index in [1.807, 2.05) is 0 Å². The third-order valence-electron chi connectivity index (χ3n) is 17.9. The lowest BCUT2D eigenvalue weighted by Crippen LogP contribution is -1.94. The second-order valence-corrected chi connectivity index (χ2v) is 22.5. The first-order valence-corrected chi connectivity index (χ1v) is 29.2. The van der Waals surface area contributed by atoms with Crippen molar-refractivity contribution >= 4 is 32.3 Å². The molecule has 0 aromatic heterocycles. The lowest BCUT2D eigenvalue weighted by molar-refractivity contribution is 1.57. The Labute approximate surface area is 489 Å². The van der Waals surface area contributed by atoms with Crippen molar-refractivity contribution in [1.29, 1.82) is 0 Å². The normalized spacial score (nSPS) is 11.8. The standard InChI is InChI=1S/C84H52/c1-5-21-53(22-6-1)57-29-15-33-61(49-57)65-43-44-66(62-34-16-30-58(50-62)54-23-7-2-8-24-54)82-75-47-45-67(69-39-19-41-73(79(69)75)81(65)82)68-46-48-76-80-70(68)40-20-42-74(80)83-77(63-35-17-31-59(51-63)55-25-9-3-10-26-55)71-37-13-14-38-72(71)78(84(76)83)64-36-18-32-60(52-64)56-27-11-4-12-28-56/h1-52H. The van der Waals surface area contributed by atoms with Crippen LogP contribution < -0.4 is 0 Å². The highest BCUT2D eigenvalue weighted by molar-refractivity contribution is 6.30. The summed E-state index contributed by atoms with van der Waals surface area (Å²) < 4.78 is 0. The van der Waals surface area contributed by atoms with Gasteiger partial charge in [0, 0.05) is 0 Å². The summed E-state index contributed by atoms with van der Waals surface area (Å²) in [5, 5.41) is 7.61. The van der Waals surface area contributed by atoms with Gasteiger partial charge in [0.05, 0.1) is 0 Å². The molecule has 388 valence electrons. The SMILES string of the molecule is c1ccc(-c2cccc(-c3ccc(-c4cccc(-c5ccccc5)c4)c4c3-c3cccc5c(-c6ccc7c8c(cccc68)-c6c-7c(-c7cccc(-c8ccccc8)c7)c7ccccc7c6-c6cccc(-c7ccccc7)c6)ccc-4c35)c2)cc1. The predicted octanol–water partition coefficient (Wildman–Crippen LogP) is 23.4. The van der Waals surface area contributed by atoms with Crippen LogP contribution in [0.4, 0.5) is 0 Å². The van der Waals surface area contributed by atoms with Crippen LogP contribution in [0.25, 0.3) is 177 Å². The van der Waals surface area contributed by atoms with Gasteiger partial charge in [-0.05, 0) is 201 Å². The summed E-state index contributed by atoms with van der Waals surface area (Å²) in [6, 6.07) is 117. The van der Waals surface area contributed by atoms with Crippen LogP contribution in [0.5, 0.6) is 0 Å². The van der Waals surface area contributed by atoms with E-state index >= 15 is 0 Å². The molecule has 0 saturated carbocycles. The lowest BCUT2D eigenvalue weighted by Gasteiger charge is -2.21. The van der Waals surface area contributed by atoms with Gasteiger partial charge in [-0.15, -0.1) is 0 Å².